The van der Waals surface area contributed by atoms with Crippen LogP contribution in [0.1, 0.15) is 0 Å². The molecule has 1 saturated heterocycles. The van der Waals surface area contributed by atoms with Gasteiger partial charge in [0, 0.05) is 18.6 Å². The number of hydrogen-bond acceptors (Lipinski definition) is 4. The van der Waals surface area contributed by atoms with Gasteiger partial charge in [0.05, 0.1) is 24.5 Å². The highest BCUT2D eigenvalue weighted by Gasteiger charge is 2.38. The van der Waals surface area contributed by atoms with Crippen LogP contribution in [-0.4, -0.2) is 43.7 Å². The first kappa shape index (κ1) is 14.8. The van der Waals surface area contributed by atoms with Crippen molar-refractivity contribution in [3.63, 3.8) is 0 Å². The fourth-order valence-corrected chi connectivity index (χ4v) is 3.32. The number of ketones is 1. The maximum atomic E-state index is 12.5. The lowest BCUT2D eigenvalue weighted by molar-refractivity contribution is -0.114. The third kappa shape index (κ3) is 2.14. The molecule has 1 aromatic carbocycles. The minimum absolute atomic E-state index is 0.0275. The van der Waals surface area contributed by atoms with E-state index in [1.54, 1.807) is 4.90 Å². The zero-order valence-corrected chi connectivity index (χ0v) is 14.1. The van der Waals surface area contributed by atoms with Gasteiger partial charge in [-0.15, -0.1) is 0 Å². The highest BCUT2D eigenvalue weighted by molar-refractivity contribution is 9.11. The SMILES string of the molecule is C=C(Br)CN1CC(=O)C(=C2N(C)c3ccccc3N2C)C1=N. The molecule has 0 unspecified atom stereocenters. The maximum Gasteiger partial charge on any atom is 0.189 e. The predicted molar refractivity (Wildman–Crippen MR) is 92.6 cm³/mol. The Morgan fingerprint density at radius 2 is 1.82 bits per heavy atom. The molecule has 0 aliphatic carbocycles. The van der Waals surface area contributed by atoms with Crippen LogP contribution >= 0.6 is 15.9 Å². The summed E-state index contributed by atoms with van der Waals surface area (Å²) in [4.78, 5) is 18.1. The summed E-state index contributed by atoms with van der Waals surface area (Å²) in [6.45, 7) is 4.48. The third-order valence-electron chi connectivity index (χ3n) is 3.99. The molecule has 2 aliphatic rings. The number of hydrogen-bond donors (Lipinski definition) is 1. The van der Waals surface area contributed by atoms with Gasteiger partial charge in [-0.1, -0.05) is 34.6 Å². The van der Waals surface area contributed by atoms with Crippen LogP contribution in [0.2, 0.25) is 0 Å². The van der Waals surface area contributed by atoms with Crippen molar-refractivity contribution in [2.45, 2.75) is 0 Å². The maximum absolute atomic E-state index is 12.5. The van der Waals surface area contributed by atoms with Gasteiger partial charge in [-0.05, 0) is 12.1 Å². The van der Waals surface area contributed by atoms with Crippen LogP contribution in [-0.2, 0) is 4.79 Å². The second-order valence-corrected chi connectivity index (χ2v) is 6.57. The highest BCUT2D eigenvalue weighted by atomic mass is 79.9. The quantitative estimate of drug-likeness (QED) is 0.823. The number of rotatable bonds is 2. The summed E-state index contributed by atoms with van der Waals surface area (Å²) in [6.07, 6.45) is 0. The fourth-order valence-electron chi connectivity index (χ4n) is 3.01. The van der Waals surface area contributed by atoms with Gasteiger partial charge < -0.3 is 14.7 Å². The molecular formula is C16H17BrN4O. The summed E-state index contributed by atoms with van der Waals surface area (Å²) < 4.78 is 0.757. The Morgan fingerprint density at radius 1 is 1.27 bits per heavy atom. The molecule has 0 aromatic heterocycles. The Kier molecular flexibility index (Phi) is 3.56. The van der Waals surface area contributed by atoms with Gasteiger partial charge in [0.25, 0.3) is 0 Å². The number of likely N-dealkylation sites (tertiary alicyclic amines) is 1. The van der Waals surface area contributed by atoms with Crippen LogP contribution in [0.15, 0.2) is 46.7 Å². The van der Waals surface area contributed by atoms with Gasteiger partial charge in [0.1, 0.15) is 17.2 Å². The molecule has 1 N–H and O–H groups in total. The predicted octanol–water partition coefficient (Wildman–Crippen LogP) is 2.55. The van der Waals surface area contributed by atoms with Crippen molar-refractivity contribution in [3.05, 3.63) is 46.7 Å². The van der Waals surface area contributed by atoms with Crippen LogP contribution in [0.4, 0.5) is 11.4 Å². The summed E-state index contributed by atoms with van der Waals surface area (Å²) in [5.41, 5.74) is 2.54. The number of benzene rings is 1. The minimum atomic E-state index is -0.0275. The van der Waals surface area contributed by atoms with Gasteiger partial charge in [-0.2, -0.15) is 0 Å². The van der Waals surface area contributed by atoms with Crippen LogP contribution in [0.3, 0.4) is 0 Å². The molecule has 1 aromatic rings. The summed E-state index contributed by atoms with van der Waals surface area (Å²) >= 11 is 3.30. The number of nitrogens with zero attached hydrogens (tertiary/aromatic N) is 3. The van der Waals surface area contributed by atoms with E-state index in [1.165, 1.54) is 0 Å². The number of carbonyl (C=O) groups is 1. The van der Waals surface area contributed by atoms with E-state index in [0.29, 0.717) is 12.1 Å². The smallest absolute Gasteiger partial charge is 0.189 e. The van der Waals surface area contributed by atoms with Gasteiger partial charge >= 0.3 is 0 Å². The van der Waals surface area contributed by atoms with Crippen molar-refractivity contribution in [3.8, 4) is 0 Å². The first-order valence-corrected chi connectivity index (χ1v) is 7.72. The molecule has 2 heterocycles. The van der Waals surface area contributed by atoms with Gasteiger partial charge in [-0.3, -0.25) is 10.2 Å². The Balaban J connectivity index is 2.06. The van der Waals surface area contributed by atoms with Crippen molar-refractivity contribution in [1.82, 2.24) is 4.90 Å². The highest BCUT2D eigenvalue weighted by Crippen LogP contribution is 2.41. The zero-order chi connectivity index (χ0) is 16.0. The zero-order valence-electron chi connectivity index (χ0n) is 12.6. The van der Waals surface area contributed by atoms with Crippen molar-refractivity contribution in [2.24, 2.45) is 0 Å². The molecule has 0 radical (unpaired) electrons. The molecule has 0 atom stereocenters. The average Bonchev–Trinajstić information content (AvgIpc) is 2.87. The van der Waals surface area contributed by atoms with E-state index in [1.807, 2.05) is 48.2 Å². The van der Waals surface area contributed by atoms with Crippen LogP contribution in [0, 0.1) is 5.41 Å². The second kappa shape index (κ2) is 5.28. The summed E-state index contributed by atoms with van der Waals surface area (Å²) in [7, 11) is 3.86. The number of nitrogens with one attached hydrogen (secondary N) is 1. The number of anilines is 2. The third-order valence-corrected chi connectivity index (χ3v) is 4.24. The first-order chi connectivity index (χ1) is 10.4. The Hall–Kier alpha value is -2.08. The van der Waals surface area contributed by atoms with E-state index in [2.05, 4.69) is 22.5 Å². The van der Waals surface area contributed by atoms with Crippen molar-refractivity contribution in [1.29, 1.82) is 5.41 Å². The van der Waals surface area contributed by atoms with E-state index in [-0.39, 0.29) is 18.2 Å². The van der Waals surface area contributed by atoms with Crippen LogP contribution < -0.4 is 9.80 Å². The molecule has 0 saturated carbocycles. The fraction of sp³-hybridized carbons (Fsp3) is 0.250. The largest absolute Gasteiger partial charge is 0.344 e. The standard InChI is InChI=1S/C16H17BrN4O/c1-10(17)8-21-9-13(22)14(15(21)18)16-19(2)11-6-4-5-7-12(11)20(16)3/h4-7,18H,1,8-9H2,2-3H3. The van der Waals surface area contributed by atoms with E-state index in [4.69, 9.17) is 5.41 Å². The summed E-state index contributed by atoms with van der Waals surface area (Å²) in [5, 5.41) is 8.37. The Bertz CT molecular complexity index is 694. The monoisotopic (exact) mass is 360 g/mol. The molecular weight excluding hydrogens is 344 g/mol. The van der Waals surface area contributed by atoms with E-state index in [9.17, 15) is 4.79 Å². The minimum Gasteiger partial charge on any atom is -0.344 e. The molecule has 0 bridgehead atoms. The van der Waals surface area contributed by atoms with Crippen LogP contribution in [0.5, 0.6) is 0 Å². The number of amidine groups is 1. The van der Waals surface area contributed by atoms with Gasteiger partial charge in [-0.25, -0.2) is 0 Å². The van der Waals surface area contributed by atoms with Gasteiger partial charge in [0.15, 0.2) is 5.78 Å². The van der Waals surface area contributed by atoms with Crippen molar-refractivity contribution < 1.29 is 4.79 Å². The van der Waals surface area contributed by atoms with Crippen molar-refractivity contribution >= 4 is 38.9 Å². The molecule has 2 aliphatic heterocycles. The molecule has 22 heavy (non-hydrogen) atoms. The molecule has 3 rings (SSSR count). The van der Waals surface area contributed by atoms with Crippen LogP contribution in [0.25, 0.3) is 0 Å². The number of carbonyl (C=O) groups excluding carboxylic acids is 1. The van der Waals surface area contributed by atoms with E-state index in [0.717, 1.165) is 21.7 Å². The number of halogens is 1. The average molecular weight is 361 g/mol. The van der Waals surface area contributed by atoms with Crippen molar-refractivity contribution in [2.75, 3.05) is 37.0 Å². The number of fused-ring (bicyclic) bond motifs is 1. The first-order valence-electron chi connectivity index (χ1n) is 6.93. The number of para-hydroxylation sites is 2. The number of Topliss-reactive ketones (excluding diaryl/α,β-unsaturated/α-hetero) is 1. The molecule has 5 nitrogen and oxygen atoms in total. The van der Waals surface area contributed by atoms with E-state index >= 15 is 0 Å². The molecule has 0 spiro atoms. The molecule has 6 heteroatoms. The summed E-state index contributed by atoms with van der Waals surface area (Å²) in [6, 6.07) is 7.97. The second-order valence-electron chi connectivity index (χ2n) is 5.45. The normalized spacial score (nSPS) is 17.7. The lowest BCUT2D eigenvalue weighted by Gasteiger charge is -2.21. The molecule has 1 fully saturated rings. The lowest BCUT2D eigenvalue weighted by Crippen LogP contribution is -2.29. The van der Waals surface area contributed by atoms with Gasteiger partial charge in [0.2, 0.25) is 0 Å². The molecule has 114 valence electrons. The Labute approximate surface area is 138 Å². The Morgan fingerprint density at radius 3 is 2.32 bits per heavy atom. The lowest BCUT2D eigenvalue weighted by atomic mass is 10.2. The van der Waals surface area contributed by atoms with E-state index < -0.39 is 0 Å². The molecule has 0 amide bonds. The summed E-state index contributed by atoms with van der Waals surface area (Å²) in [5.74, 6) is 0.992. The topological polar surface area (TPSA) is 50.6 Å².